The Balaban J connectivity index is 2.01. The molecule has 0 saturated heterocycles. The quantitative estimate of drug-likeness (QED) is 0.918. The van der Waals surface area contributed by atoms with Gasteiger partial charge in [0.25, 0.3) is 0 Å². The highest BCUT2D eigenvalue weighted by Crippen LogP contribution is 2.42. The van der Waals surface area contributed by atoms with Gasteiger partial charge in [0, 0.05) is 17.5 Å². The first kappa shape index (κ1) is 12.7. The van der Waals surface area contributed by atoms with Crippen molar-refractivity contribution in [2.24, 2.45) is 0 Å². The Morgan fingerprint density at radius 1 is 1.05 bits per heavy atom. The van der Waals surface area contributed by atoms with Crippen LogP contribution in [0.2, 0.25) is 0 Å². The van der Waals surface area contributed by atoms with Gasteiger partial charge in [-0.05, 0) is 18.6 Å². The van der Waals surface area contributed by atoms with Crippen LogP contribution in [0.5, 0.6) is 11.5 Å². The number of benzene rings is 2. The number of amides is 1. The number of carbonyl (C=O) groups is 1. The average molecular weight is 267 g/mol. The third kappa shape index (κ3) is 2.27. The summed E-state index contributed by atoms with van der Waals surface area (Å²) >= 11 is 0. The van der Waals surface area contributed by atoms with Crippen LogP contribution in [0, 0.1) is 0 Å². The van der Waals surface area contributed by atoms with E-state index in [2.05, 4.69) is 5.32 Å². The van der Waals surface area contributed by atoms with E-state index in [1.54, 1.807) is 0 Å². The number of para-hydroxylation sites is 2. The van der Waals surface area contributed by atoms with Gasteiger partial charge in [-0.2, -0.15) is 0 Å². The summed E-state index contributed by atoms with van der Waals surface area (Å²) in [5, 5.41) is 3.11. The van der Waals surface area contributed by atoms with Gasteiger partial charge >= 0.3 is 0 Å². The fraction of sp³-hybridized carbons (Fsp3) is 0.235. The maximum atomic E-state index is 12.0. The van der Waals surface area contributed by atoms with Crippen molar-refractivity contribution >= 4 is 5.91 Å². The van der Waals surface area contributed by atoms with Crippen molar-refractivity contribution in [3.8, 4) is 11.5 Å². The second-order valence-corrected chi connectivity index (χ2v) is 4.93. The van der Waals surface area contributed by atoms with Gasteiger partial charge in [0.1, 0.15) is 11.5 Å². The van der Waals surface area contributed by atoms with Crippen molar-refractivity contribution in [3.05, 3.63) is 59.7 Å². The highest BCUT2D eigenvalue weighted by atomic mass is 16.5. The largest absolute Gasteiger partial charge is 0.457 e. The van der Waals surface area contributed by atoms with E-state index >= 15 is 0 Å². The minimum Gasteiger partial charge on any atom is -0.457 e. The summed E-state index contributed by atoms with van der Waals surface area (Å²) in [5.41, 5.74) is 2.02. The van der Waals surface area contributed by atoms with Gasteiger partial charge in [-0.25, -0.2) is 0 Å². The second kappa shape index (κ2) is 5.37. The number of rotatable bonds is 3. The lowest BCUT2D eigenvalue weighted by Gasteiger charge is -2.28. The highest BCUT2D eigenvalue weighted by Gasteiger charge is 2.27. The molecule has 3 rings (SSSR count). The number of hydrogen-bond donors (Lipinski definition) is 1. The molecule has 0 aliphatic carbocycles. The summed E-state index contributed by atoms with van der Waals surface area (Å²) < 4.78 is 5.90. The van der Waals surface area contributed by atoms with Crippen molar-refractivity contribution in [2.45, 2.75) is 25.8 Å². The van der Waals surface area contributed by atoms with E-state index in [0.29, 0.717) is 6.42 Å². The second-order valence-electron chi connectivity index (χ2n) is 4.93. The number of fused-ring (bicyclic) bond motifs is 2. The predicted octanol–water partition coefficient (Wildman–Crippen LogP) is 3.80. The Morgan fingerprint density at radius 3 is 2.15 bits per heavy atom. The number of carbonyl (C=O) groups excluding carboxylic acids is 1. The van der Waals surface area contributed by atoms with Crippen LogP contribution >= 0.6 is 0 Å². The fourth-order valence-electron chi connectivity index (χ4n) is 2.53. The third-order valence-corrected chi connectivity index (χ3v) is 3.46. The molecule has 3 nitrogen and oxygen atoms in total. The van der Waals surface area contributed by atoms with Crippen molar-refractivity contribution in [1.82, 2.24) is 5.32 Å². The molecule has 0 spiro atoms. The van der Waals surface area contributed by atoms with Crippen molar-refractivity contribution in [1.29, 1.82) is 0 Å². The van der Waals surface area contributed by atoms with E-state index in [1.165, 1.54) is 0 Å². The maximum Gasteiger partial charge on any atom is 0.220 e. The van der Waals surface area contributed by atoms with Gasteiger partial charge in [0.15, 0.2) is 0 Å². The zero-order chi connectivity index (χ0) is 13.9. The van der Waals surface area contributed by atoms with Gasteiger partial charge in [0.2, 0.25) is 5.91 Å². The first-order valence-corrected chi connectivity index (χ1v) is 6.94. The van der Waals surface area contributed by atoms with Crippen LogP contribution in [-0.4, -0.2) is 5.91 Å². The Labute approximate surface area is 118 Å². The maximum absolute atomic E-state index is 12.0. The van der Waals surface area contributed by atoms with E-state index < -0.39 is 0 Å². The van der Waals surface area contributed by atoms with Crippen LogP contribution in [0.1, 0.15) is 36.9 Å². The van der Waals surface area contributed by atoms with Crippen molar-refractivity contribution in [3.63, 3.8) is 0 Å². The summed E-state index contributed by atoms with van der Waals surface area (Å²) in [7, 11) is 0. The molecule has 0 unspecified atom stereocenters. The Morgan fingerprint density at radius 2 is 1.60 bits per heavy atom. The Bertz CT molecular complexity index is 591. The molecule has 2 aromatic carbocycles. The normalized spacial score (nSPS) is 13.1. The first-order chi connectivity index (χ1) is 9.79. The molecule has 1 aliphatic rings. The van der Waals surface area contributed by atoms with Crippen molar-refractivity contribution in [2.75, 3.05) is 0 Å². The molecule has 0 radical (unpaired) electrons. The van der Waals surface area contributed by atoms with E-state index in [4.69, 9.17) is 4.74 Å². The molecule has 0 aromatic heterocycles. The van der Waals surface area contributed by atoms with Gasteiger partial charge < -0.3 is 10.1 Å². The van der Waals surface area contributed by atoms with Crippen LogP contribution in [0.25, 0.3) is 0 Å². The molecule has 2 aromatic rings. The van der Waals surface area contributed by atoms with Gasteiger partial charge in [-0.3, -0.25) is 4.79 Å². The Hall–Kier alpha value is -2.29. The molecule has 0 saturated carbocycles. The molecule has 1 heterocycles. The molecule has 1 aliphatic heterocycles. The minimum atomic E-state index is -0.129. The van der Waals surface area contributed by atoms with E-state index in [0.717, 1.165) is 29.0 Å². The molecule has 1 N–H and O–H groups in total. The summed E-state index contributed by atoms with van der Waals surface area (Å²) in [6.07, 6.45) is 1.39. The summed E-state index contributed by atoms with van der Waals surface area (Å²) in [6.45, 7) is 2.01. The molecule has 20 heavy (non-hydrogen) atoms. The van der Waals surface area contributed by atoms with Gasteiger partial charge in [0.05, 0.1) is 6.04 Å². The Kier molecular flexibility index (Phi) is 3.42. The summed E-state index contributed by atoms with van der Waals surface area (Å²) in [6, 6.07) is 15.6. The molecule has 1 amide bonds. The predicted molar refractivity (Wildman–Crippen MR) is 77.9 cm³/mol. The van der Waals surface area contributed by atoms with Crippen LogP contribution < -0.4 is 10.1 Å². The molecular formula is C17H17NO2. The van der Waals surface area contributed by atoms with Crippen LogP contribution in [0.4, 0.5) is 0 Å². The third-order valence-electron chi connectivity index (χ3n) is 3.46. The molecule has 0 fully saturated rings. The zero-order valence-corrected chi connectivity index (χ0v) is 11.4. The highest BCUT2D eigenvalue weighted by molar-refractivity contribution is 5.77. The van der Waals surface area contributed by atoms with Crippen LogP contribution in [0.3, 0.4) is 0 Å². The van der Waals surface area contributed by atoms with E-state index in [-0.39, 0.29) is 11.9 Å². The van der Waals surface area contributed by atoms with Crippen molar-refractivity contribution < 1.29 is 9.53 Å². The molecule has 102 valence electrons. The standard InChI is InChI=1S/C17H17NO2/c1-2-7-16(19)18-17-12-8-3-5-10-14(12)20-15-11-6-4-9-13(15)17/h3-6,8-11,17H,2,7H2,1H3,(H,18,19). The lowest BCUT2D eigenvalue weighted by atomic mass is 9.94. The monoisotopic (exact) mass is 267 g/mol. The van der Waals surface area contributed by atoms with Gasteiger partial charge in [-0.15, -0.1) is 0 Å². The van der Waals surface area contributed by atoms with Crippen LogP contribution in [0.15, 0.2) is 48.5 Å². The fourth-order valence-corrected chi connectivity index (χ4v) is 2.53. The van der Waals surface area contributed by atoms with E-state index in [9.17, 15) is 4.79 Å². The molecule has 0 bridgehead atoms. The van der Waals surface area contributed by atoms with Crippen LogP contribution in [-0.2, 0) is 4.79 Å². The molecular weight excluding hydrogens is 250 g/mol. The molecule has 0 atom stereocenters. The number of ether oxygens (including phenoxy) is 1. The number of nitrogens with one attached hydrogen (secondary N) is 1. The first-order valence-electron chi connectivity index (χ1n) is 6.94. The summed E-state index contributed by atoms with van der Waals surface area (Å²) in [4.78, 5) is 12.0. The van der Waals surface area contributed by atoms with E-state index in [1.807, 2.05) is 55.5 Å². The average Bonchev–Trinajstić information content (AvgIpc) is 2.47. The lowest BCUT2D eigenvalue weighted by Crippen LogP contribution is -2.30. The molecule has 3 heteroatoms. The topological polar surface area (TPSA) is 38.3 Å². The number of hydrogen-bond acceptors (Lipinski definition) is 2. The van der Waals surface area contributed by atoms with Gasteiger partial charge in [-0.1, -0.05) is 43.3 Å². The summed E-state index contributed by atoms with van der Waals surface area (Å²) in [5.74, 6) is 1.70. The lowest BCUT2D eigenvalue weighted by molar-refractivity contribution is -0.121. The zero-order valence-electron chi connectivity index (χ0n) is 11.4. The smallest absolute Gasteiger partial charge is 0.220 e. The SMILES string of the molecule is CCCC(=O)NC1c2ccccc2Oc2ccccc21. The minimum absolute atomic E-state index is 0.0732.